The first-order chi connectivity index (χ1) is 10.8. The standard InChI is InChI=1S/C16H9Cl2F3NO/c17-11-6-7-12(13(18)8-11)15(16(19,20)21)9-14(22-23-15)10-4-2-1-3-5-10/h2-8H,9H2. The summed E-state index contributed by atoms with van der Waals surface area (Å²) >= 11 is 11.7. The molecular weight excluding hydrogens is 350 g/mol. The molecule has 2 nitrogen and oxygen atoms in total. The first kappa shape index (κ1) is 16.1. The molecule has 0 amide bonds. The third-order valence-electron chi connectivity index (χ3n) is 3.60. The predicted molar refractivity (Wildman–Crippen MR) is 81.7 cm³/mol. The van der Waals surface area contributed by atoms with E-state index in [0.717, 1.165) is 0 Å². The van der Waals surface area contributed by atoms with E-state index in [-0.39, 0.29) is 21.3 Å². The summed E-state index contributed by atoms with van der Waals surface area (Å²) in [6.07, 6.45) is -5.17. The van der Waals surface area contributed by atoms with Gasteiger partial charge in [-0.05, 0) is 23.8 Å². The minimum Gasteiger partial charge on any atom is -0.374 e. The molecule has 0 N–H and O–H groups in total. The third-order valence-corrected chi connectivity index (χ3v) is 4.15. The van der Waals surface area contributed by atoms with Gasteiger partial charge in [0.15, 0.2) is 0 Å². The molecule has 0 aliphatic carbocycles. The summed E-state index contributed by atoms with van der Waals surface area (Å²) in [5.74, 6) is 0. The van der Waals surface area contributed by atoms with Crippen LogP contribution < -0.4 is 0 Å². The van der Waals surface area contributed by atoms with Crippen molar-refractivity contribution in [3.8, 4) is 0 Å². The van der Waals surface area contributed by atoms with Gasteiger partial charge in [0.05, 0.1) is 12.1 Å². The Morgan fingerprint density at radius 2 is 1.83 bits per heavy atom. The van der Waals surface area contributed by atoms with Crippen LogP contribution in [0.1, 0.15) is 17.5 Å². The van der Waals surface area contributed by atoms with Crippen LogP contribution in [0.3, 0.4) is 0 Å². The van der Waals surface area contributed by atoms with E-state index in [9.17, 15) is 13.2 Å². The number of oxime groups is 1. The second-order valence-electron chi connectivity index (χ2n) is 5.04. The van der Waals surface area contributed by atoms with Crippen molar-refractivity contribution < 1.29 is 18.0 Å². The minimum absolute atomic E-state index is 0.118. The Balaban J connectivity index is 2.05. The Morgan fingerprint density at radius 1 is 1.13 bits per heavy atom. The number of benzene rings is 2. The maximum Gasteiger partial charge on any atom is 0.435 e. The lowest BCUT2D eigenvalue weighted by molar-refractivity contribution is -0.275. The maximum absolute atomic E-state index is 13.8. The van der Waals surface area contributed by atoms with E-state index in [4.69, 9.17) is 28.0 Å². The van der Waals surface area contributed by atoms with Crippen LogP contribution in [0.2, 0.25) is 10.0 Å². The average Bonchev–Trinajstić information content (AvgIpc) is 2.94. The van der Waals surface area contributed by atoms with Gasteiger partial charge < -0.3 is 4.84 Å². The molecule has 1 unspecified atom stereocenters. The molecule has 7 heteroatoms. The summed E-state index contributed by atoms with van der Waals surface area (Å²) < 4.78 is 41.3. The normalized spacial score (nSPS) is 21.0. The van der Waals surface area contributed by atoms with E-state index >= 15 is 0 Å². The molecule has 23 heavy (non-hydrogen) atoms. The first-order valence-corrected chi connectivity index (χ1v) is 7.33. The molecule has 1 atom stereocenters. The predicted octanol–water partition coefficient (Wildman–Crippen LogP) is 5.38. The maximum atomic E-state index is 13.8. The van der Waals surface area contributed by atoms with Gasteiger partial charge in [-0.25, -0.2) is 0 Å². The van der Waals surface area contributed by atoms with Crippen molar-refractivity contribution in [1.29, 1.82) is 0 Å². The lowest BCUT2D eigenvalue weighted by atomic mass is 9.86. The Bertz CT molecular complexity index is 762. The highest BCUT2D eigenvalue weighted by Gasteiger charge is 2.63. The number of rotatable bonds is 2. The zero-order valence-corrected chi connectivity index (χ0v) is 13.0. The van der Waals surface area contributed by atoms with Crippen LogP contribution in [-0.4, -0.2) is 11.9 Å². The molecule has 119 valence electrons. The quantitative estimate of drug-likeness (QED) is 0.706. The fourth-order valence-corrected chi connectivity index (χ4v) is 2.99. The second kappa shape index (κ2) is 5.73. The van der Waals surface area contributed by atoms with E-state index in [1.54, 1.807) is 24.3 Å². The molecule has 2 aromatic carbocycles. The van der Waals surface area contributed by atoms with Gasteiger partial charge >= 0.3 is 6.18 Å². The molecular formula is C16H9Cl2F3NO. The molecule has 0 bridgehead atoms. The number of hydrogen-bond acceptors (Lipinski definition) is 2. The van der Waals surface area contributed by atoms with Gasteiger partial charge in [-0.2, -0.15) is 13.2 Å². The van der Waals surface area contributed by atoms with Gasteiger partial charge in [-0.3, -0.25) is 0 Å². The average molecular weight is 359 g/mol. The van der Waals surface area contributed by atoms with E-state index in [0.29, 0.717) is 5.56 Å². The lowest BCUT2D eigenvalue weighted by Gasteiger charge is -2.30. The van der Waals surface area contributed by atoms with Crippen LogP contribution >= 0.6 is 23.2 Å². The van der Waals surface area contributed by atoms with Gasteiger partial charge in [0.25, 0.3) is 5.60 Å². The van der Waals surface area contributed by atoms with Crippen LogP contribution in [0, 0.1) is 6.07 Å². The molecule has 1 aliphatic rings. The second-order valence-corrected chi connectivity index (χ2v) is 5.89. The summed E-state index contributed by atoms with van der Waals surface area (Å²) in [6.45, 7) is 0. The van der Waals surface area contributed by atoms with Crippen LogP contribution in [0.15, 0.2) is 47.6 Å². The van der Waals surface area contributed by atoms with Crippen molar-refractivity contribution in [1.82, 2.24) is 0 Å². The summed E-state index contributed by atoms with van der Waals surface area (Å²) in [5.41, 5.74) is -2.09. The van der Waals surface area contributed by atoms with E-state index in [1.807, 2.05) is 0 Å². The van der Waals surface area contributed by atoms with Gasteiger partial charge in [-0.15, -0.1) is 0 Å². The molecule has 0 saturated carbocycles. The molecule has 1 aliphatic heterocycles. The fraction of sp³-hybridized carbons (Fsp3) is 0.188. The van der Waals surface area contributed by atoms with E-state index in [2.05, 4.69) is 11.2 Å². The highest BCUT2D eigenvalue weighted by molar-refractivity contribution is 6.35. The molecule has 0 saturated heterocycles. The van der Waals surface area contributed by atoms with Crippen LogP contribution in [0.4, 0.5) is 13.2 Å². The Labute approximate surface area is 140 Å². The third kappa shape index (κ3) is 2.79. The Kier molecular flexibility index (Phi) is 4.02. The van der Waals surface area contributed by atoms with Gasteiger partial charge in [0, 0.05) is 15.6 Å². The summed E-state index contributed by atoms with van der Waals surface area (Å²) in [4.78, 5) is 4.90. The van der Waals surface area contributed by atoms with Crippen molar-refractivity contribution in [3.05, 3.63) is 69.7 Å². The molecule has 1 heterocycles. The number of hydrogen-bond donors (Lipinski definition) is 0. The number of halogens is 5. The monoisotopic (exact) mass is 358 g/mol. The largest absolute Gasteiger partial charge is 0.435 e. The molecule has 0 spiro atoms. The van der Waals surface area contributed by atoms with Crippen molar-refractivity contribution >= 4 is 28.9 Å². The van der Waals surface area contributed by atoms with E-state index < -0.39 is 18.2 Å². The lowest BCUT2D eigenvalue weighted by Crippen LogP contribution is -2.43. The van der Waals surface area contributed by atoms with E-state index in [1.165, 1.54) is 18.2 Å². The summed E-state index contributed by atoms with van der Waals surface area (Å²) in [5, 5.41) is 3.78. The first-order valence-electron chi connectivity index (χ1n) is 6.57. The zero-order valence-electron chi connectivity index (χ0n) is 11.5. The van der Waals surface area contributed by atoms with Gasteiger partial charge in [0.2, 0.25) is 0 Å². The SMILES string of the molecule is FC(F)(F)C1(c2ccc(Cl)cc2Cl)CC(c2cc[c]cc2)=NO1. The van der Waals surface area contributed by atoms with Gasteiger partial charge in [0.1, 0.15) is 0 Å². The topological polar surface area (TPSA) is 21.6 Å². The van der Waals surface area contributed by atoms with Crippen LogP contribution in [0.5, 0.6) is 0 Å². The number of alkyl halides is 3. The molecule has 1 radical (unpaired) electrons. The Morgan fingerprint density at radius 3 is 2.43 bits per heavy atom. The van der Waals surface area contributed by atoms with Crippen LogP contribution in [0.25, 0.3) is 0 Å². The number of nitrogens with zero attached hydrogens (tertiary/aromatic N) is 1. The zero-order chi connectivity index (χ0) is 16.7. The van der Waals surface area contributed by atoms with Crippen molar-refractivity contribution in [3.63, 3.8) is 0 Å². The molecule has 0 fully saturated rings. The molecule has 3 rings (SSSR count). The smallest absolute Gasteiger partial charge is 0.374 e. The summed E-state index contributed by atoms with van der Waals surface area (Å²) in [7, 11) is 0. The minimum atomic E-state index is -4.70. The fourth-order valence-electron chi connectivity index (χ4n) is 2.43. The summed E-state index contributed by atoms with van der Waals surface area (Å²) in [6, 6.07) is 13.1. The van der Waals surface area contributed by atoms with Crippen molar-refractivity contribution in [2.45, 2.75) is 18.2 Å². The molecule has 0 aromatic heterocycles. The highest BCUT2D eigenvalue weighted by Crippen LogP contribution is 2.50. The van der Waals surface area contributed by atoms with Crippen LogP contribution in [-0.2, 0) is 10.4 Å². The van der Waals surface area contributed by atoms with Crippen molar-refractivity contribution in [2.75, 3.05) is 0 Å². The van der Waals surface area contributed by atoms with Crippen molar-refractivity contribution in [2.24, 2.45) is 5.16 Å². The Hall–Kier alpha value is -1.72. The highest BCUT2D eigenvalue weighted by atomic mass is 35.5. The van der Waals surface area contributed by atoms with Gasteiger partial charge in [-0.1, -0.05) is 58.7 Å². The molecule has 2 aromatic rings.